The molecule has 0 aliphatic heterocycles. The van der Waals surface area contributed by atoms with Crippen LogP contribution in [0.3, 0.4) is 0 Å². The summed E-state index contributed by atoms with van der Waals surface area (Å²) in [4.78, 5) is 25.3. The SMILES string of the molecule is CC(=O)Nc1ccc(-c2ccccc2Cl)[nH]c1=O. The smallest absolute Gasteiger partial charge is 0.272 e. The minimum atomic E-state index is -0.359. The summed E-state index contributed by atoms with van der Waals surface area (Å²) in [5.74, 6) is -0.286. The molecule has 5 heteroatoms. The fraction of sp³-hybridized carbons (Fsp3) is 0.0769. The number of rotatable bonds is 2. The van der Waals surface area contributed by atoms with Crippen LogP contribution in [0.5, 0.6) is 0 Å². The third kappa shape index (κ3) is 2.60. The number of pyridine rings is 1. The molecule has 0 radical (unpaired) electrons. The molecule has 0 saturated carbocycles. The Labute approximate surface area is 109 Å². The third-order valence-electron chi connectivity index (χ3n) is 2.38. The summed E-state index contributed by atoms with van der Waals surface area (Å²) >= 11 is 6.04. The van der Waals surface area contributed by atoms with Crippen LogP contribution in [0.15, 0.2) is 41.2 Å². The van der Waals surface area contributed by atoms with Crippen molar-refractivity contribution in [2.45, 2.75) is 6.92 Å². The Morgan fingerprint density at radius 2 is 1.94 bits per heavy atom. The van der Waals surface area contributed by atoms with Crippen LogP contribution in [0, 0.1) is 0 Å². The molecule has 4 nitrogen and oxygen atoms in total. The maximum absolute atomic E-state index is 11.7. The van der Waals surface area contributed by atoms with Crippen molar-refractivity contribution in [1.82, 2.24) is 4.98 Å². The molecule has 92 valence electrons. The number of aromatic nitrogens is 1. The van der Waals surface area contributed by atoms with Crippen molar-refractivity contribution in [2.24, 2.45) is 0 Å². The first-order valence-corrected chi connectivity index (χ1v) is 5.71. The molecule has 2 N–H and O–H groups in total. The van der Waals surface area contributed by atoms with E-state index < -0.39 is 0 Å². The molecule has 2 rings (SSSR count). The van der Waals surface area contributed by atoms with Gasteiger partial charge >= 0.3 is 0 Å². The molecule has 0 aliphatic carbocycles. The van der Waals surface area contributed by atoms with E-state index in [1.54, 1.807) is 18.2 Å². The molecule has 1 aromatic carbocycles. The summed E-state index contributed by atoms with van der Waals surface area (Å²) in [6.07, 6.45) is 0. The fourth-order valence-electron chi connectivity index (χ4n) is 1.60. The number of nitrogens with one attached hydrogen (secondary N) is 2. The number of carbonyl (C=O) groups is 1. The molecule has 0 atom stereocenters. The van der Waals surface area contributed by atoms with E-state index in [9.17, 15) is 9.59 Å². The van der Waals surface area contributed by atoms with Crippen molar-refractivity contribution >= 4 is 23.2 Å². The summed E-state index contributed by atoms with van der Waals surface area (Å²) < 4.78 is 0. The lowest BCUT2D eigenvalue weighted by molar-refractivity contribution is -0.114. The van der Waals surface area contributed by atoms with E-state index in [1.165, 1.54) is 6.92 Å². The summed E-state index contributed by atoms with van der Waals surface area (Å²) in [7, 11) is 0. The highest BCUT2D eigenvalue weighted by atomic mass is 35.5. The van der Waals surface area contributed by atoms with Gasteiger partial charge in [0.1, 0.15) is 5.69 Å². The van der Waals surface area contributed by atoms with Gasteiger partial charge in [0.25, 0.3) is 5.56 Å². The van der Waals surface area contributed by atoms with E-state index in [1.807, 2.05) is 18.2 Å². The molecule has 0 saturated heterocycles. The Morgan fingerprint density at radius 3 is 2.56 bits per heavy atom. The van der Waals surface area contributed by atoms with Crippen molar-refractivity contribution in [1.29, 1.82) is 0 Å². The van der Waals surface area contributed by atoms with Gasteiger partial charge in [-0.1, -0.05) is 29.8 Å². The Morgan fingerprint density at radius 1 is 1.22 bits per heavy atom. The maximum Gasteiger partial charge on any atom is 0.272 e. The summed E-state index contributed by atoms with van der Waals surface area (Å²) in [5, 5.41) is 3.01. The van der Waals surface area contributed by atoms with Crippen molar-refractivity contribution < 1.29 is 4.79 Å². The molecule has 1 amide bonds. The second-order valence-electron chi connectivity index (χ2n) is 3.78. The number of amides is 1. The number of H-pyrrole nitrogens is 1. The van der Waals surface area contributed by atoms with Gasteiger partial charge in [-0.15, -0.1) is 0 Å². The zero-order valence-corrected chi connectivity index (χ0v) is 10.4. The second kappa shape index (κ2) is 5.06. The summed E-state index contributed by atoms with van der Waals surface area (Å²) in [6.45, 7) is 1.35. The van der Waals surface area contributed by atoms with Crippen LogP contribution >= 0.6 is 11.6 Å². The van der Waals surface area contributed by atoms with Crippen LogP contribution in [0.1, 0.15) is 6.92 Å². The maximum atomic E-state index is 11.7. The molecule has 1 aromatic heterocycles. The summed E-state index contributed by atoms with van der Waals surface area (Å²) in [6, 6.07) is 10.5. The fourth-order valence-corrected chi connectivity index (χ4v) is 1.84. The number of halogens is 1. The molecular weight excluding hydrogens is 252 g/mol. The average Bonchev–Trinajstić information content (AvgIpc) is 2.32. The minimum Gasteiger partial charge on any atom is -0.322 e. The van der Waals surface area contributed by atoms with Crippen LogP contribution in [0.2, 0.25) is 5.02 Å². The molecular formula is C13H11ClN2O2. The predicted octanol–water partition coefficient (Wildman–Crippen LogP) is 2.65. The molecule has 0 spiro atoms. The standard InChI is InChI=1S/C13H11ClN2O2/c1-8(17)15-12-7-6-11(16-13(12)18)9-4-2-3-5-10(9)14/h2-7H,1H3,(H,15,17)(H,16,18). The number of hydrogen-bond donors (Lipinski definition) is 2. The van der Waals surface area contributed by atoms with Crippen LogP contribution in [0.4, 0.5) is 5.69 Å². The number of benzene rings is 1. The molecule has 0 fully saturated rings. The van der Waals surface area contributed by atoms with Crippen molar-refractivity contribution in [3.8, 4) is 11.3 Å². The molecule has 0 aliphatic rings. The van der Waals surface area contributed by atoms with Gasteiger partial charge in [0.05, 0.1) is 0 Å². The lowest BCUT2D eigenvalue weighted by Crippen LogP contribution is -2.17. The molecule has 1 heterocycles. The Kier molecular flexibility index (Phi) is 3.48. The molecule has 0 bridgehead atoms. The first-order chi connectivity index (χ1) is 8.58. The van der Waals surface area contributed by atoms with Crippen LogP contribution < -0.4 is 10.9 Å². The largest absolute Gasteiger partial charge is 0.322 e. The summed E-state index contributed by atoms with van der Waals surface area (Å²) in [5.41, 5.74) is 1.21. The molecule has 18 heavy (non-hydrogen) atoms. The van der Waals surface area contributed by atoms with E-state index in [4.69, 9.17) is 11.6 Å². The monoisotopic (exact) mass is 262 g/mol. The van der Waals surface area contributed by atoms with E-state index >= 15 is 0 Å². The number of carbonyl (C=O) groups excluding carboxylic acids is 1. The Hall–Kier alpha value is -2.07. The van der Waals surface area contributed by atoms with Gasteiger partial charge in [0.15, 0.2) is 0 Å². The predicted molar refractivity (Wildman–Crippen MR) is 71.8 cm³/mol. The van der Waals surface area contributed by atoms with E-state index in [2.05, 4.69) is 10.3 Å². The normalized spacial score (nSPS) is 10.1. The van der Waals surface area contributed by atoms with Gasteiger partial charge in [0.2, 0.25) is 5.91 Å². The lowest BCUT2D eigenvalue weighted by atomic mass is 10.1. The molecule has 0 unspecified atom stereocenters. The van der Waals surface area contributed by atoms with Crippen molar-refractivity contribution in [3.05, 3.63) is 51.8 Å². The highest BCUT2D eigenvalue weighted by Crippen LogP contribution is 2.25. The van der Waals surface area contributed by atoms with Gasteiger partial charge in [-0.2, -0.15) is 0 Å². The van der Waals surface area contributed by atoms with E-state index in [0.29, 0.717) is 10.7 Å². The topological polar surface area (TPSA) is 62.0 Å². The van der Waals surface area contributed by atoms with Crippen molar-refractivity contribution in [2.75, 3.05) is 5.32 Å². The quantitative estimate of drug-likeness (QED) is 0.874. The number of anilines is 1. The van der Waals surface area contributed by atoms with Gasteiger partial charge in [-0.05, 0) is 18.2 Å². The van der Waals surface area contributed by atoms with Crippen LogP contribution in [0.25, 0.3) is 11.3 Å². The second-order valence-corrected chi connectivity index (χ2v) is 4.18. The van der Waals surface area contributed by atoms with Gasteiger partial charge in [0, 0.05) is 23.2 Å². The lowest BCUT2D eigenvalue weighted by Gasteiger charge is -2.06. The Balaban J connectivity index is 2.44. The zero-order chi connectivity index (χ0) is 13.1. The van der Waals surface area contributed by atoms with E-state index in [-0.39, 0.29) is 17.2 Å². The number of aromatic amines is 1. The highest BCUT2D eigenvalue weighted by Gasteiger charge is 2.06. The zero-order valence-electron chi connectivity index (χ0n) is 9.66. The highest BCUT2D eigenvalue weighted by molar-refractivity contribution is 6.33. The molecule has 2 aromatic rings. The third-order valence-corrected chi connectivity index (χ3v) is 2.71. The average molecular weight is 263 g/mol. The van der Waals surface area contributed by atoms with E-state index in [0.717, 1.165) is 5.56 Å². The number of hydrogen-bond acceptors (Lipinski definition) is 2. The first kappa shape index (κ1) is 12.4. The van der Waals surface area contributed by atoms with Gasteiger partial charge < -0.3 is 10.3 Å². The van der Waals surface area contributed by atoms with Crippen LogP contribution in [-0.4, -0.2) is 10.9 Å². The minimum absolute atomic E-state index is 0.221. The van der Waals surface area contributed by atoms with Crippen molar-refractivity contribution in [3.63, 3.8) is 0 Å². The van der Waals surface area contributed by atoms with Gasteiger partial charge in [-0.3, -0.25) is 9.59 Å². The Bertz CT molecular complexity index is 649. The first-order valence-electron chi connectivity index (χ1n) is 5.34. The van der Waals surface area contributed by atoms with Gasteiger partial charge in [-0.25, -0.2) is 0 Å². The van der Waals surface area contributed by atoms with Crippen LogP contribution in [-0.2, 0) is 4.79 Å².